The first kappa shape index (κ1) is 10.3. The summed E-state index contributed by atoms with van der Waals surface area (Å²) in [6.07, 6.45) is 0. The zero-order valence-corrected chi connectivity index (χ0v) is 3.46. The lowest BCUT2D eigenvalue weighted by molar-refractivity contribution is 1.72. The third kappa shape index (κ3) is 3.41. The van der Waals surface area contributed by atoms with Crippen molar-refractivity contribution in [2.24, 2.45) is 0 Å². The summed E-state index contributed by atoms with van der Waals surface area (Å²) in [5.74, 6) is 0. The zero-order chi connectivity index (χ0) is 4.24. The summed E-state index contributed by atoms with van der Waals surface area (Å²) in [5, 5.41) is 0. The minimum atomic E-state index is 0. The molecule has 1 aromatic carbocycles. The van der Waals surface area contributed by atoms with Crippen molar-refractivity contribution in [2.75, 3.05) is 0 Å². The van der Waals surface area contributed by atoms with Gasteiger partial charge in [-0.1, -0.05) is 51.3 Å². The Morgan fingerprint density at radius 3 is 0.625 bits per heavy atom. The van der Waals surface area contributed by atoms with Gasteiger partial charge in [0.1, 0.15) is 0 Å². The Kier molecular flexibility index (Phi) is 7.97. The van der Waals surface area contributed by atoms with Crippen LogP contribution >= 0.6 is 0 Å². The molecule has 0 aliphatic rings. The van der Waals surface area contributed by atoms with Gasteiger partial charge in [-0.2, -0.15) is 0 Å². The van der Waals surface area contributed by atoms with Crippen LogP contribution in [0.2, 0.25) is 0 Å². The molecule has 1 aromatic rings. The molecule has 0 amide bonds. The third-order valence-corrected chi connectivity index (χ3v) is 0.667. The van der Waals surface area contributed by atoms with Crippen LogP contribution < -0.4 is 0 Å². The Bertz CT molecular complexity index is 72.0. The topological polar surface area (TPSA) is 0 Å². The van der Waals surface area contributed by atoms with Gasteiger partial charge in [-0.25, -0.2) is 0 Å². The van der Waals surface area contributed by atoms with Crippen LogP contribution in [0, 0.1) is 0 Å². The van der Waals surface area contributed by atoms with Crippen LogP contribution in [0.4, 0.5) is 0 Å². The summed E-state index contributed by atoms with van der Waals surface area (Å²) in [6, 6.07) is 12.0. The Labute approximate surface area is 52.2 Å². The quantitative estimate of drug-likeness (QED) is 0.481. The summed E-state index contributed by atoms with van der Waals surface area (Å²) in [5.41, 5.74) is 0. The fraction of sp³-hybridized carbons (Fsp3) is 0.250. The summed E-state index contributed by atoms with van der Waals surface area (Å²) < 4.78 is 0. The Balaban J connectivity index is 0. The van der Waals surface area contributed by atoms with Gasteiger partial charge in [0.2, 0.25) is 0 Å². The van der Waals surface area contributed by atoms with Gasteiger partial charge in [0.25, 0.3) is 0 Å². The summed E-state index contributed by atoms with van der Waals surface area (Å²) >= 11 is 0. The summed E-state index contributed by atoms with van der Waals surface area (Å²) in [6.45, 7) is 0. The van der Waals surface area contributed by atoms with E-state index in [9.17, 15) is 0 Å². The van der Waals surface area contributed by atoms with Crippen LogP contribution in [-0.4, -0.2) is 0 Å². The molecule has 0 heterocycles. The van der Waals surface area contributed by atoms with Gasteiger partial charge in [-0.15, -0.1) is 0 Å². The molecule has 0 saturated heterocycles. The molecule has 46 valence electrons. The van der Waals surface area contributed by atoms with Gasteiger partial charge in [-0.05, 0) is 0 Å². The van der Waals surface area contributed by atoms with Gasteiger partial charge in [0.15, 0.2) is 0 Å². The van der Waals surface area contributed by atoms with Crippen molar-refractivity contribution in [3.63, 3.8) is 0 Å². The number of rotatable bonds is 0. The molecule has 0 aliphatic heterocycles. The fourth-order valence-electron chi connectivity index (χ4n) is 0.385. The highest BCUT2D eigenvalue weighted by molar-refractivity contribution is 4.99. The molecule has 0 bridgehead atoms. The predicted molar refractivity (Wildman–Crippen MR) is 39.9 cm³/mol. The first-order valence-electron chi connectivity index (χ1n) is 2.00. The highest BCUT2D eigenvalue weighted by Crippen LogP contribution is 1.79. The Hall–Kier alpha value is -0.780. The van der Waals surface area contributed by atoms with Gasteiger partial charge < -0.3 is 0 Å². The average molecular weight is 110 g/mol. The van der Waals surface area contributed by atoms with Crippen molar-refractivity contribution in [1.82, 2.24) is 0 Å². The van der Waals surface area contributed by atoms with Crippen molar-refractivity contribution in [2.45, 2.75) is 14.9 Å². The maximum Gasteiger partial charge on any atom is -0.0623 e. The molecule has 8 heavy (non-hydrogen) atoms. The lowest BCUT2D eigenvalue weighted by Crippen LogP contribution is -1.47. The van der Waals surface area contributed by atoms with E-state index in [-0.39, 0.29) is 14.9 Å². The minimum Gasteiger partial charge on any atom is -0.0776 e. The van der Waals surface area contributed by atoms with Gasteiger partial charge in [0, 0.05) is 0 Å². The van der Waals surface area contributed by atoms with E-state index in [1.165, 1.54) is 0 Å². The lowest BCUT2D eigenvalue weighted by atomic mass is 10.4. The molecule has 0 nitrogen and oxygen atoms in total. The average Bonchev–Trinajstić information content (AvgIpc) is 1.72. The van der Waals surface area contributed by atoms with Crippen molar-refractivity contribution in [1.29, 1.82) is 0 Å². The molecule has 0 unspecified atom stereocenters. The number of benzene rings is 1. The van der Waals surface area contributed by atoms with E-state index in [2.05, 4.69) is 0 Å². The molecule has 0 atom stereocenters. The predicted octanol–water partition coefficient (Wildman–Crippen LogP) is 2.96. The standard InChI is InChI=1S/C6H6.2CH4/c1-2-4-6-5-3-1;;/h1-6H;2*1H4. The molecule has 0 fully saturated rings. The number of hydrogen-bond acceptors (Lipinski definition) is 0. The van der Waals surface area contributed by atoms with Crippen molar-refractivity contribution >= 4 is 0 Å². The summed E-state index contributed by atoms with van der Waals surface area (Å²) in [4.78, 5) is 0. The van der Waals surface area contributed by atoms with E-state index in [4.69, 9.17) is 0 Å². The summed E-state index contributed by atoms with van der Waals surface area (Å²) in [7, 11) is 0. The van der Waals surface area contributed by atoms with Crippen LogP contribution in [0.1, 0.15) is 14.9 Å². The van der Waals surface area contributed by atoms with Gasteiger partial charge >= 0.3 is 0 Å². The molecule has 0 saturated carbocycles. The van der Waals surface area contributed by atoms with E-state index in [1.54, 1.807) is 0 Å². The highest BCUT2D eigenvalue weighted by atomic mass is 13.6. The van der Waals surface area contributed by atoms with E-state index >= 15 is 0 Å². The van der Waals surface area contributed by atoms with Crippen LogP contribution in [0.15, 0.2) is 36.4 Å². The molecule has 0 aromatic heterocycles. The van der Waals surface area contributed by atoms with E-state index in [1.807, 2.05) is 36.4 Å². The van der Waals surface area contributed by atoms with Crippen molar-refractivity contribution < 1.29 is 0 Å². The molecule has 0 heteroatoms. The molecule has 0 N–H and O–H groups in total. The van der Waals surface area contributed by atoms with Crippen LogP contribution in [0.25, 0.3) is 0 Å². The zero-order valence-electron chi connectivity index (χ0n) is 3.46. The fourth-order valence-corrected chi connectivity index (χ4v) is 0.385. The van der Waals surface area contributed by atoms with Crippen LogP contribution in [0.5, 0.6) is 0 Å². The SMILES string of the molecule is C.C.c1ccccc1. The van der Waals surface area contributed by atoms with E-state index < -0.39 is 0 Å². The highest BCUT2D eigenvalue weighted by Gasteiger charge is 1.57. The van der Waals surface area contributed by atoms with Crippen LogP contribution in [0.3, 0.4) is 0 Å². The lowest BCUT2D eigenvalue weighted by Gasteiger charge is -1.69. The normalized spacial score (nSPS) is 6.00. The molecule has 0 spiro atoms. The molecule has 0 aliphatic carbocycles. The van der Waals surface area contributed by atoms with E-state index in [0.29, 0.717) is 0 Å². The minimum absolute atomic E-state index is 0. The largest absolute Gasteiger partial charge is 0.0776 e. The van der Waals surface area contributed by atoms with E-state index in [0.717, 1.165) is 0 Å². The maximum absolute atomic E-state index is 2.00. The Morgan fingerprint density at radius 2 is 0.500 bits per heavy atom. The van der Waals surface area contributed by atoms with Gasteiger partial charge in [0.05, 0.1) is 0 Å². The molecule has 0 radical (unpaired) electrons. The maximum atomic E-state index is 2.00. The Morgan fingerprint density at radius 1 is 0.375 bits per heavy atom. The van der Waals surface area contributed by atoms with Crippen molar-refractivity contribution in [3.8, 4) is 0 Å². The second-order valence-electron chi connectivity index (χ2n) is 1.15. The molecule has 1 rings (SSSR count). The monoisotopic (exact) mass is 110 g/mol. The molecular weight excluding hydrogens is 96.1 g/mol. The second kappa shape index (κ2) is 6.22. The first-order valence-corrected chi connectivity index (χ1v) is 2.00. The molecular formula is C8H14. The first-order chi connectivity index (χ1) is 3.00. The number of hydrogen-bond donors (Lipinski definition) is 0. The van der Waals surface area contributed by atoms with Crippen LogP contribution in [-0.2, 0) is 0 Å². The smallest absolute Gasteiger partial charge is 0.0623 e. The van der Waals surface area contributed by atoms with Crippen molar-refractivity contribution in [3.05, 3.63) is 36.4 Å². The second-order valence-corrected chi connectivity index (χ2v) is 1.15. The third-order valence-electron chi connectivity index (χ3n) is 0.667. The van der Waals surface area contributed by atoms with Gasteiger partial charge in [-0.3, -0.25) is 0 Å².